The van der Waals surface area contributed by atoms with Crippen LogP contribution in [0.3, 0.4) is 0 Å². The van der Waals surface area contributed by atoms with Gasteiger partial charge >= 0.3 is 0 Å². The van der Waals surface area contributed by atoms with Gasteiger partial charge in [0.2, 0.25) is 0 Å². The second-order valence-corrected chi connectivity index (χ2v) is 5.92. The van der Waals surface area contributed by atoms with E-state index in [0.29, 0.717) is 18.5 Å². The van der Waals surface area contributed by atoms with Gasteiger partial charge in [-0.3, -0.25) is 0 Å². The van der Waals surface area contributed by atoms with Gasteiger partial charge in [0.1, 0.15) is 0 Å². The number of benzene rings is 1. The van der Waals surface area contributed by atoms with Gasteiger partial charge < -0.3 is 10.3 Å². The van der Waals surface area contributed by atoms with E-state index in [4.69, 9.17) is 17.3 Å². The molecule has 0 bridgehead atoms. The van der Waals surface area contributed by atoms with Crippen LogP contribution in [-0.4, -0.2) is 16.1 Å². The molecule has 2 aromatic rings. The molecule has 3 nitrogen and oxygen atoms in total. The maximum Gasteiger partial charge on any atom is 0.0954 e. The van der Waals surface area contributed by atoms with Gasteiger partial charge in [-0.05, 0) is 24.8 Å². The lowest BCUT2D eigenvalue weighted by Crippen LogP contribution is -2.25. The summed E-state index contributed by atoms with van der Waals surface area (Å²) in [6, 6.07) is 8.24. The van der Waals surface area contributed by atoms with E-state index in [-0.39, 0.29) is 0 Å². The first-order valence-corrected chi connectivity index (χ1v) is 7.66. The van der Waals surface area contributed by atoms with Crippen LogP contribution in [0.25, 0.3) is 11.3 Å². The molecular weight excluding hydrogens is 270 g/mol. The molecule has 1 aromatic carbocycles. The van der Waals surface area contributed by atoms with Crippen molar-refractivity contribution in [1.82, 2.24) is 9.55 Å². The SMILES string of the molecule is NCC(C1CCCC1)n1cncc1-c1ccccc1Cl. The van der Waals surface area contributed by atoms with E-state index in [9.17, 15) is 0 Å². The summed E-state index contributed by atoms with van der Waals surface area (Å²) in [7, 11) is 0. The zero-order chi connectivity index (χ0) is 13.9. The average Bonchev–Trinajstić information content (AvgIpc) is 3.12. The first-order valence-electron chi connectivity index (χ1n) is 7.28. The topological polar surface area (TPSA) is 43.8 Å². The molecule has 106 valence electrons. The van der Waals surface area contributed by atoms with E-state index < -0.39 is 0 Å². The Kier molecular flexibility index (Phi) is 4.08. The van der Waals surface area contributed by atoms with Gasteiger partial charge in [0.15, 0.2) is 0 Å². The molecule has 0 spiro atoms. The van der Waals surface area contributed by atoms with Gasteiger partial charge in [0, 0.05) is 17.1 Å². The van der Waals surface area contributed by atoms with Crippen LogP contribution in [-0.2, 0) is 0 Å². The quantitative estimate of drug-likeness (QED) is 0.928. The minimum absolute atomic E-state index is 0.325. The summed E-state index contributed by atoms with van der Waals surface area (Å²) in [5.41, 5.74) is 8.15. The first-order chi connectivity index (χ1) is 9.81. The smallest absolute Gasteiger partial charge is 0.0954 e. The number of hydrogen-bond acceptors (Lipinski definition) is 2. The zero-order valence-electron chi connectivity index (χ0n) is 11.5. The maximum atomic E-state index is 6.32. The molecule has 20 heavy (non-hydrogen) atoms. The molecule has 1 unspecified atom stereocenters. The maximum absolute atomic E-state index is 6.32. The van der Waals surface area contributed by atoms with Crippen LogP contribution in [0.5, 0.6) is 0 Å². The number of nitrogens with two attached hydrogens (primary N) is 1. The number of halogens is 1. The molecule has 3 rings (SSSR count). The molecule has 4 heteroatoms. The number of imidazole rings is 1. The van der Waals surface area contributed by atoms with Crippen LogP contribution in [0.1, 0.15) is 31.7 Å². The lowest BCUT2D eigenvalue weighted by molar-refractivity contribution is 0.344. The number of aromatic nitrogens is 2. The van der Waals surface area contributed by atoms with Crippen LogP contribution in [0, 0.1) is 5.92 Å². The third kappa shape index (κ3) is 2.48. The highest BCUT2D eigenvalue weighted by Crippen LogP contribution is 2.37. The molecule has 1 atom stereocenters. The normalized spacial score (nSPS) is 17.5. The second kappa shape index (κ2) is 5.98. The molecule has 2 N–H and O–H groups in total. The first kappa shape index (κ1) is 13.7. The van der Waals surface area contributed by atoms with E-state index in [1.54, 1.807) is 0 Å². The largest absolute Gasteiger partial charge is 0.328 e. The van der Waals surface area contributed by atoms with Gasteiger partial charge in [0.05, 0.1) is 24.3 Å². The van der Waals surface area contributed by atoms with E-state index >= 15 is 0 Å². The van der Waals surface area contributed by atoms with Gasteiger partial charge in [0.25, 0.3) is 0 Å². The minimum atomic E-state index is 0.325. The third-order valence-electron chi connectivity index (χ3n) is 4.36. The Morgan fingerprint density at radius 1 is 1.30 bits per heavy atom. The molecule has 1 aliphatic carbocycles. The molecule has 1 aliphatic rings. The standard InChI is InChI=1S/C16H20ClN3/c17-14-8-4-3-7-13(14)16-10-19-11-20(16)15(9-18)12-5-1-2-6-12/h3-4,7-8,10-12,15H,1-2,5-6,9,18H2. The summed E-state index contributed by atoms with van der Waals surface area (Å²) in [6.07, 6.45) is 8.95. The third-order valence-corrected chi connectivity index (χ3v) is 4.69. The van der Waals surface area contributed by atoms with Crippen molar-refractivity contribution in [2.45, 2.75) is 31.7 Å². The fraction of sp³-hybridized carbons (Fsp3) is 0.438. The highest BCUT2D eigenvalue weighted by molar-refractivity contribution is 6.33. The van der Waals surface area contributed by atoms with Crippen molar-refractivity contribution in [2.75, 3.05) is 6.54 Å². The molecule has 0 saturated heterocycles. The number of rotatable bonds is 4. The lowest BCUT2D eigenvalue weighted by Gasteiger charge is -2.25. The Bertz CT molecular complexity index is 573. The van der Waals surface area contributed by atoms with Gasteiger partial charge in [-0.25, -0.2) is 4.98 Å². The van der Waals surface area contributed by atoms with Crippen molar-refractivity contribution in [2.24, 2.45) is 11.7 Å². The van der Waals surface area contributed by atoms with Crippen molar-refractivity contribution >= 4 is 11.6 Å². The molecule has 1 saturated carbocycles. The second-order valence-electron chi connectivity index (χ2n) is 5.51. The predicted molar refractivity (Wildman–Crippen MR) is 82.7 cm³/mol. The fourth-order valence-electron chi connectivity index (χ4n) is 3.32. The number of hydrogen-bond donors (Lipinski definition) is 1. The van der Waals surface area contributed by atoms with E-state index in [1.807, 2.05) is 36.8 Å². The summed E-state index contributed by atoms with van der Waals surface area (Å²) in [6.45, 7) is 0.651. The summed E-state index contributed by atoms with van der Waals surface area (Å²) >= 11 is 6.32. The van der Waals surface area contributed by atoms with Gasteiger partial charge in [-0.15, -0.1) is 0 Å². The molecule has 0 radical (unpaired) electrons. The van der Waals surface area contributed by atoms with Crippen LogP contribution >= 0.6 is 11.6 Å². The van der Waals surface area contributed by atoms with E-state index in [2.05, 4.69) is 9.55 Å². The highest BCUT2D eigenvalue weighted by Gasteiger charge is 2.27. The summed E-state index contributed by atoms with van der Waals surface area (Å²) in [4.78, 5) is 4.33. The van der Waals surface area contributed by atoms with Crippen molar-refractivity contribution in [1.29, 1.82) is 0 Å². The summed E-state index contributed by atoms with van der Waals surface area (Å²) < 4.78 is 2.22. The van der Waals surface area contributed by atoms with Crippen LogP contribution < -0.4 is 5.73 Å². The van der Waals surface area contributed by atoms with Crippen LogP contribution in [0.15, 0.2) is 36.8 Å². The predicted octanol–water partition coefficient (Wildman–Crippen LogP) is 3.89. The molecule has 1 fully saturated rings. The van der Waals surface area contributed by atoms with Gasteiger partial charge in [-0.2, -0.15) is 0 Å². The monoisotopic (exact) mass is 289 g/mol. The summed E-state index contributed by atoms with van der Waals surface area (Å²) in [5.74, 6) is 0.662. The molecule has 1 aromatic heterocycles. The Morgan fingerprint density at radius 3 is 2.75 bits per heavy atom. The van der Waals surface area contributed by atoms with Crippen LogP contribution in [0.4, 0.5) is 0 Å². The Balaban J connectivity index is 1.99. The Morgan fingerprint density at radius 2 is 2.05 bits per heavy atom. The number of nitrogens with zero attached hydrogens (tertiary/aromatic N) is 2. The molecule has 0 amide bonds. The summed E-state index contributed by atoms with van der Waals surface area (Å²) in [5, 5.41) is 0.761. The Labute approximate surface area is 124 Å². The minimum Gasteiger partial charge on any atom is -0.328 e. The van der Waals surface area contributed by atoms with E-state index in [0.717, 1.165) is 16.3 Å². The lowest BCUT2D eigenvalue weighted by atomic mass is 9.97. The van der Waals surface area contributed by atoms with Crippen molar-refractivity contribution in [3.63, 3.8) is 0 Å². The van der Waals surface area contributed by atoms with Crippen molar-refractivity contribution in [3.05, 3.63) is 41.8 Å². The van der Waals surface area contributed by atoms with Gasteiger partial charge in [-0.1, -0.05) is 42.6 Å². The fourth-order valence-corrected chi connectivity index (χ4v) is 3.55. The van der Waals surface area contributed by atoms with Crippen molar-refractivity contribution < 1.29 is 0 Å². The van der Waals surface area contributed by atoms with E-state index in [1.165, 1.54) is 25.7 Å². The van der Waals surface area contributed by atoms with Crippen molar-refractivity contribution in [3.8, 4) is 11.3 Å². The molecule has 0 aliphatic heterocycles. The molecular formula is C16H20ClN3. The molecule has 1 heterocycles. The highest BCUT2D eigenvalue weighted by atomic mass is 35.5. The zero-order valence-corrected chi connectivity index (χ0v) is 12.3. The average molecular weight is 290 g/mol. The van der Waals surface area contributed by atoms with Crippen LogP contribution in [0.2, 0.25) is 5.02 Å². The Hall–Kier alpha value is -1.32.